The number of H-pyrrole nitrogens is 1. The van der Waals surface area contributed by atoms with Crippen LogP contribution in [0.4, 0.5) is 4.79 Å². The van der Waals surface area contributed by atoms with Crippen LogP contribution in [0, 0.1) is 0 Å². The lowest BCUT2D eigenvalue weighted by molar-refractivity contribution is -0.127. The fraction of sp³-hybridized carbons (Fsp3) is 0.250. The van der Waals surface area contributed by atoms with Crippen LogP contribution >= 0.6 is 0 Å². The van der Waals surface area contributed by atoms with E-state index in [1.807, 2.05) is 48.5 Å². The van der Waals surface area contributed by atoms with Crippen LogP contribution in [0.3, 0.4) is 0 Å². The summed E-state index contributed by atoms with van der Waals surface area (Å²) < 4.78 is 5.28. The number of hydrogen-bond donors (Lipinski definition) is 4. The average molecular weight is 513 g/mol. The summed E-state index contributed by atoms with van der Waals surface area (Å²) in [7, 11) is 0. The molecule has 0 aliphatic heterocycles. The first-order valence-corrected chi connectivity index (χ1v) is 12.2. The SMILES string of the molecule is CC(C)(C)OC(=O)N[C@H](CC(N)=O)C(=O)NC1c2ccccc2-c2c(-c3nc4ccncc4[nH]3)cccc21. The summed E-state index contributed by atoms with van der Waals surface area (Å²) >= 11 is 0. The topological polar surface area (TPSA) is 152 Å². The number of imidazole rings is 1. The minimum absolute atomic E-state index is 0.376. The number of aromatic nitrogens is 3. The highest BCUT2D eigenvalue weighted by Crippen LogP contribution is 2.47. The largest absolute Gasteiger partial charge is 0.444 e. The Kier molecular flexibility index (Phi) is 6.31. The number of carbonyl (C=O) groups is 3. The Bertz CT molecular complexity index is 1520. The van der Waals surface area contributed by atoms with Crippen LogP contribution in [0.1, 0.15) is 44.4 Å². The summed E-state index contributed by atoms with van der Waals surface area (Å²) in [6.07, 6.45) is 2.23. The number of nitrogens with zero attached hydrogens (tertiary/aromatic N) is 2. The summed E-state index contributed by atoms with van der Waals surface area (Å²) in [6.45, 7) is 5.12. The van der Waals surface area contributed by atoms with E-state index in [-0.39, 0.29) is 6.42 Å². The number of carbonyl (C=O) groups excluding carboxylic acids is 3. The second-order valence-corrected chi connectivity index (χ2v) is 10.1. The number of benzene rings is 2. The van der Waals surface area contributed by atoms with Crippen molar-refractivity contribution in [3.63, 3.8) is 0 Å². The van der Waals surface area contributed by atoms with Crippen molar-refractivity contribution in [2.24, 2.45) is 5.73 Å². The third-order valence-corrected chi connectivity index (χ3v) is 6.19. The van der Waals surface area contributed by atoms with Crippen molar-refractivity contribution < 1.29 is 19.1 Å². The summed E-state index contributed by atoms with van der Waals surface area (Å²) in [5.74, 6) is -0.595. The number of fused-ring (bicyclic) bond motifs is 4. The standard InChI is InChI=1S/C28H28N6O4/c1-28(2,3)38-27(37)33-20(13-22(29)35)26(36)34-24-16-8-5-4-7-15(16)23-17(24)9-6-10-18(23)25-31-19-11-12-30-14-21(19)32-25/h4-12,14,20,24H,13H2,1-3H3,(H2,29,35)(H,31,32)(H,33,37)(H,34,36)/t20-,24?/m1/s1. The van der Waals surface area contributed by atoms with Gasteiger partial charge >= 0.3 is 6.09 Å². The van der Waals surface area contributed by atoms with Crippen LogP contribution in [0.2, 0.25) is 0 Å². The van der Waals surface area contributed by atoms with E-state index in [2.05, 4.69) is 20.6 Å². The van der Waals surface area contributed by atoms with E-state index in [9.17, 15) is 14.4 Å². The first-order valence-electron chi connectivity index (χ1n) is 12.2. The maximum absolute atomic E-state index is 13.4. The zero-order valence-corrected chi connectivity index (χ0v) is 21.2. The predicted molar refractivity (Wildman–Crippen MR) is 142 cm³/mol. The Morgan fingerprint density at radius 3 is 2.53 bits per heavy atom. The number of rotatable bonds is 6. The van der Waals surface area contributed by atoms with Crippen molar-refractivity contribution in [3.05, 3.63) is 72.1 Å². The number of aromatic amines is 1. The molecule has 0 bridgehead atoms. The third-order valence-electron chi connectivity index (χ3n) is 6.19. The number of hydrogen-bond acceptors (Lipinski definition) is 6. The molecule has 3 amide bonds. The van der Waals surface area contributed by atoms with Crippen LogP contribution in [0.15, 0.2) is 60.9 Å². The molecular formula is C28H28N6O4. The molecule has 0 fully saturated rings. The quantitative estimate of drug-likeness (QED) is 0.310. The van der Waals surface area contributed by atoms with Gasteiger partial charge in [-0.3, -0.25) is 14.6 Å². The highest BCUT2D eigenvalue weighted by Gasteiger charge is 2.35. The van der Waals surface area contributed by atoms with E-state index in [4.69, 9.17) is 15.5 Å². The molecule has 10 heteroatoms. The smallest absolute Gasteiger partial charge is 0.408 e. The fourth-order valence-corrected chi connectivity index (χ4v) is 4.70. The summed E-state index contributed by atoms with van der Waals surface area (Å²) in [5.41, 5.74) is 10.7. The number of alkyl carbamates (subject to hydrolysis) is 1. The van der Waals surface area contributed by atoms with Gasteiger partial charge in [-0.25, -0.2) is 9.78 Å². The van der Waals surface area contributed by atoms with Gasteiger partial charge in [0.05, 0.1) is 29.7 Å². The lowest BCUT2D eigenvalue weighted by atomic mass is 9.98. The zero-order valence-electron chi connectivity index (χ0n) is 21.2. The number of nitrogens with two attached hydrogens (primary N) is 1. The molecule has 2 aromatic heterocycles. The lowest BCUT2D eigenvalue weighted by Gasteiger charge is -2.24. The van der Waals surface area contributed by atoms with Crippen LogP contribution in [-0.4, -0.2) is 44.5 Å². The second-order valence-electron chi connectivity index (χ2n) is 10.1. The van der Waals surface area contributed by atoms with Gasteiger partial charge in [0, 0.05) is 11.8 Å². The maximum atomic E-state index is 13.4. The Balaban J connectivity index is 1.50. The minimum Gasteiger partial charge on any atom is -0.444 e. The van der Waals surface area contributed by atoms with Crippen LogP contribution in [-0.2, 0) is 14.3 Å². The molecule has 10 nitrogen and oxygen atoms in total. The van der Waals surface area contributed by atoms with Gasteiger partial charge in [0.2, 0.25) is 11.8 Å². The molecule has 5 N–H and O–H groups in total. The van der Waals surface area contributed by atoms with Gasteiger partial charge in [-0.2, -0.15) is 0 Å². The number of nitrogens with one attached hydrogen (secondary N) is 3. The third kappa shape index (κ3) is 4.93. The van der Waals surface area contributed by atoms with Gasteiger partial charge in [0.15, 0.2) is 0 Å². The predicted octanol–water partition coefficient (Wildman–Crippen LogP) is 3.58. The van der Waals surface area contributed by atoms with E-state index >= 15 is 0 Å². The van der Waals surface area contributed by atoms with E-state index in [0.29, 0.717) is 5.82 Å². The molecule has 0 saturated heterocycles. The first kappa shape index (κ1) is 24.9. The van der Waals surface area contributed by atoms with Crippen LogP contribution in [0.5, 0.6) is 0 Å². The number of ether oxygens (including phenoxy) is 1. The average Bonchev–Trinajstić information content (AvgIpc) is 3.42. The fourth-order valence-electron chi connectivity index (χ4n) is 4.70. The van der Waals surface area contributed by atoms with Crippen molar-refractivity contribution in [2.75, 3.05) is 0 Å². The summed E-state index contributed by atoms with van der Waals surface area (Å²) in [6, 6.07) is 13.7. The van der Waals surface area contributed by atoms with Crippen molar-refractivity contribution in [1.29, 1.82) is 0 Å². The maximum Gasteiger partial charge on any atom is 0.408 e. The molecule has 4 aromatic rings. The van der Waals surface area contributed by atoms with Crippen molar-refractivity contribution >= 4 is 28.9 Å². The Morgan fingerprint density at radius 1 is 1.05 bits per heavy atom. The number of pyridine rings is 1. The Labute approximate surface area is 219 Å². The Hall–Kier alpha value is -4.73. The molecule has 2 atom stereocenters. The van der Waals surface area contributed by atoms with Crippen molar-refractivity contribution in [1.82, 2.24) is 25.6 Å². The zero-order chi connectivity index (χ0) is 27.0. The summed E-state index contributed by atoms with van der Waals surface area (Å²) in [5, 5.41) is 5.50. The highest BCUT2D eigenvalue weighted by molar-refractivity contribution is 5.95. The number of amides is 3. The molecular weight excluding hydrogens is 484 g/mol. The first-order chi connectivity index (χ1) is 18.1. The monoisotopic (exact) mass is 512 g/mol. The molecule has 1 unspecified atom stereocenters. The van der Waals surface area contributed by atoms with Gasteiger partial charge < -0.3 is 26.1 Å². The van der Waals surface area contributed by atoms with Gasteiger partial charge in [0.25, 0.3) is 0 Å². The van der Waals surface area contributed by atoms with Crippen molar-refractivity contribution in [2.45, 2.75) is 44.9 Å². The molecule has 2 aromatic carbocycles. The van der Waals surface area contributed by atoms with Crippen molar-refractivity contribution in [3.8, 4) is 22.5 Å². The minimum atomic E-state index is -1.20. The van der Waals surface area contributed by atoms with E-state index in [1.165, 1.54) is 0 Å². The molecule has 5 rings (SSSR count). The van der Waals surface area contributed by atoms with E-state index in [0.717, 1.165) is 38.9 Å². The van der Waals surface area contributed by atoms with Crippen LogP contribution < -0.4 is 16.4 Å². The molecule has 1 aliphatic carbocycles. The normalized spacial score (nSPS) is 14.9. The molecule has 38 heavy (non-hydrogen) atoms. The summed E-state index contributed by atoms with van der Waals surface area (Å²) in [4.78, 5) is 49.8. The number of primary amides is 1. The Morgan fingerprint density at radius 2 is 1.79 bits per heavy atom. The lowest BCUT2D eigenvalue weighted by Crippen LogP contribution is -2.50. The molecule has 1 aliphatic rings. The van der Waals surface area contributed by atoms with Gasteiger partial charge in [-0.1, -0.05) is 42.5 Å². The molecule has 2 heterocycles. The van der Waals surface area contributed by atoms with Gasteiger partial charge in [-0.05, 0) is 49.1 Å². The second kappa shape index (κ2) is 9.62. The van der Waals surface area contributed by atoms with E-state index in [1.54, 1.807) is 33.2 Å². The molecule has 0 spiro atoms. The highest BCUT2D eigenvalue weighted by atomic mass is 16.6. The van der Waals surface area contributed by atoms with Gasteiger partial charge in [0.1, 0.15) is 17.5 Å². The van der Waals surface area contributed by atoms with Gasteiger partial charge in [-0.15, -0.1) is 0 Å². The van der Waals surface area contributed by atoms with E-state index < -0.39 is 35.6 Å². The molecule has 0 radical (unpaired) electrons. The molecule has 194 valence electrons. The van der Waals surface area contributed by atoms with Crippen LogP contribution in [0.25, 0.3) is 33.5 Å². The molecule has 0 saturated carbocycles.